The summed E-state index contributed by atoms with van der Waals surface area (Å²) in [5, 5.41) is 10.2. The van der Waals surface area contributed by atoms with Gasteiger partial charge >= 0.3 is 0 Å². The van der Waals surface area contributed by atoms with Gasteiger partial charge in [0.25, 0.3) is 0 Å². The second-order valence-corrected chi connectivity index (χ2v) is 6.97. The molecule has 1 unspecified atom stereocenters. The van der Waals surface area contributed by atoms with E-state index in [9.17, 15) is 9.90 Å². The quantitative estimate of drug-likeness (QED) is 0.895. The van der Waals surface area contributed by atoms with Crippen LogP contribution in [0.25, 0.3) is 0 Å². The average molecular weight is 340 g/mol. The summed E-state index contributed by atoms with van der Waals surface area (Å²) in [7, 11) is 0. The largest absolute Gasteiger partial charge is 0.392 e. The number of aromatic nitrogens is 1. The van der Waals surface area contributed by atoms with Crippen molar-refractivity contribution in [2.75, 3.05) is 24.5 Å². The molecule has 1 aromatic heterocycles. The van der Waals surface area contributed by atoms with Gasteiger partial charge in [-0.3, -0.25) is 4.79 Å². The van der Waals surface area contributed by atoms with Crippen LogP contribution in [0.1, 0.15) is 33.6 Å². The molecule has 23 heavy (non-hydrogen) atoms. The van der Waals surface area contributed by atoms with Crippen LogP contribution in [0.2, 0.25) is 5.02 Å². The molecule has 1 atom stereocenters. The van der Waals surface area contributed by atoms with E-state index in [2.05, 4.69) is 9.88 Å². The highest BCUT2D eigenvalue weighted by Crippen LogP contribution is 2.24. The van der Waals surface area contributed by atoms with Crippen molar-refractivity contribution in [1.29, 1.82) is 0 Å². The number of rotatable bonds is 5. The van der Waals surface area contributed by atoms with E-state index < -0.39 is 6.10 Å². The Morgan fingerprint density at radius 3 is 2.52 bits per heavy atom. The van der Waals surface area contributed by atoms with Crippen LogP contribution in [-0.4, -0.2) is 52.7 Å². The third-order valence-electron chi connectivity index (χ3n) is 4.25. The summed E-state index contributed by atoms with van der Waals surface area (Å²) in [6, 6.07) is 3.86. The molecule has 1 aliphatic rings. The van der Waals surface area contributed by atoms with Crippen LogP contribution in [0.4, 0.5) is 5.82 Å². The van der Waals surface area contributed by atoms with E-state index in [1.54, 1.807) is 18.0 Å². The molecule has 1 saturated heterocycles. The van der Waals surface area contributed by atoms with Gasteiger partial charge in [0, 0.05) is 37.8 Å². The van der Waals surface area contributed by atoms with Gasteiger partial charge in [-0.1, -0.05) is 11.6 Å². The molecule has 1 fully saturated rings. The zero-order chi connectivity index (χ0) is 17.0. The lowest BCUT2D eigenvalue weighted by molar-refractivity contribution is -0.139. The van der Waals surface area contributed by atoms with Gasteiger partial charge in [0.15, 0.2) is 0 Å². The van der Waals surface area contributed by atoms with Gasteiger partial charge < -0.3 is 14.9 Å². The van der Waals surface area contributed by atoms with E-state index in [1.165, 1.54) is 0 Å². The average Bonchev–Trinajstić information content (AvgIpc) is 2.52. The lowest BCUT2D eigenvalue weighted by Crippen LogP contribution is -2.47. The van der Waals surface area contributed by atoms with E-state index in [1.807, 2.05) is 26.0 Å². The van der Waals surface area contributed by atoms with Crippen molar-refractivity contribution in [3.8, 4) is 0 Å². The van der Waals surface area contributed by atoms with Gasteiger partial charge in [-0.25, -0.2) is 4.98 Å². The SMILES string of the molecule is CC(O)CN(C(=O)C1CCN(c2ccc(Cl)cn2)CC1)C(C)C. The van der Waals surface area contributed by atoms with E-state index in [4.69, 9.17) is 11.6 Å². The highest BCUT2D eigenvalue weighted by Gasteiger charge is 2.30. The van der Waals surface area contributed by atoms with E-state index in [0.717, 1.165) is 31.7 Å². The molecule has 0 aliphatic carbocycles. The van der Waals surface area contributed by atoms with Crippen LogP contribution in [-0.2, 0) is 4.79 Å². The summed E-state index contributed by atoms with van der Waals surface area (Å²) >= 11 is 5.87. The number of carbonyl (C=O) groups is 1. The minimum Gasteiger partial charge on any atom is -0.392 e. The van der Waals surface area contributed by atoms with E-state index >= 15 is 0 Å². The van der Waals surface area contributed by atoms with Gasteiger partial charge in [0.1, 0.15) is 5.82 Å². The van der Waals surface area contributed by atoms with Crippen LogP contribution in [0.5, 0.6) is 0 Å². The highest BCUT2D eigenvalue weighted by molar-refractivity contribution is 6.30. The Labute approximate surface area is 143 Å². The zero-order valence-electron chi connectivity index (χ0n) is 14.1. The Morgan fingerprint density at radius 2 is 2.04 bits per heavy atom. The summed E-state index contributed by atoms with van der Waals surface area (Å²) < 4.78 is 0. The van der Waals surface area contributed by atoms with Crippen molar-refractivity contribution in [1.82, 2.24) is 9.88 Å². The Morgan fingerprint density at radius 1 is 1.39 bits per heavy atom. The lowest BCUT2D eigenvalue weighted by atomic mass is 9.94. The van der Waals surface area contributed by atoms with Crippen LogP contribution in [0.15, 0.2) is 18.3 Å². The Kier molecular flexibility index (Phi) is 6.25. The minimum absolute atomic E-state index is 0.0275. The number of aliphatic hydroxyl groups is 1. The van der Waals surface area contributed by atoms with Crippen molar-refractivity contribution in [3.05, 3.63) is 23.4 Å². The second kappa shape index (κ2) is 7.97. The van der Waals surface area contributed by atoms with Crippen LogP contribution >= 0.6 is 11.6 Å². The molecule has 128 valence electrons. The predicted octanol–water partition coefficient (Wildman–Crippen LogP) is 2.57. The summed E-state index contributed by atoms with van der Waals surface area (Å²) in [4.78, 5) is 21.1. The fraction of sp³-hybridized carbons (Fsp3) is 0.647. The topological polar surface area (TPSA) is 56.7 Å². The molecule has 1 amide bonds. The molecule has 0 radical (unpaired) electrons. The first-order valence-corrected chi connectivity index (χ1v) is 8.61. The normalized spacial score (nSPS) is 17.4. The van der Waals surface area contributed by atoms with Crippen molar-refractivity contribution in [3.63, 3.8) is 0 Å². The van der Waals surface area contributed by atoms with Crippen LogP contribution in [0.3, 0.4) is 0 Å². The van der Waals surface area contributed by atoms with Gasteiger partial charge in [-0.05, 0) is 45.7 Å². The molecule has 1 aliphatic heterocycles. The fourth-order valence-corrected chi connectivity index (χ4v) is 3.10. The van der Waals surface area contributed by atoms with Crippen molar-refractivity contribution in [2.45, 2.75) is 45.8 Å². The van der Waals surface area contributed by atoms with Crippen LogP contribution in [0, 0.1) is 5.92 Å². The maximum Gasteiger partial charge on any atom is 0.226 e. The van der Waals surface area contributed by atoms with Crippen molar-refractivity contribution < 1.29 is 9.90 Å². The summed E-state index contributed by atoms with van der Waals surface area (Å²) in [5.74, 6) is 1.09. The number of anilines is 1. The third kappa shape index (κ3) is 4.82. The number of pyridine rings is 1. The van der Waals surface area contributed by atoms with E-state index in [0.29, 0.717) is 11.6 Å². The molecular formula is C17H26ClN3O2. The molecule has 1 N–H and O–H groups in total. The first-order chi connectivity index (χ1) is 10.9. The number of carbonyl (C=O) groups excluding carboxylic acids is 1. The minimum atomic E-state index is -0.500. The number of piperidine rings is 1. The van der Waals surface area contributed by atoms with Crippen molar-refractivity contribution in [2.24, 2.45) is 5.92 Å². The standard InChI is InChI=1S/C17H26ClN3O2/c1-12(2)21(11-13(3)22)17(23)14-6-8-20(9-7-14)16-5-4-15(18)10-19-16/h4-5,10,12-14,22H,6-9,11H2,1-3H3. The molecule has 0 aromatic carbocycles. The predicted molar refractivity (Wildman–Crippen MR) is 92.7 cm³/mol. The van der Waals surface area contributed by atoms with Gasteiger partial charge in [0.05, 0.1) is 11.1 Å². The maximum atomic E-state index is 12.7. The van der Waals surface area contributed by atoms with Crippen LogP contribution < -0.4 is 4.90 Å². The molecule has 6 heteroatoms. The van der Waals surface area contributed by atoms with Gasteiger partial charge in [-0.15, -0.1) is 0 Å². The monoisotopic (exact) mass is 339 g/mol. The molecule has 0 saturated carbocycles. The molecule has 2 heterocycles. The number of aliphatic hydroxyl groups excluding tert-OH is 1. The first-order valence-electron chi connectivity index (χ1n) is 8.23. The van der Waals surface area contributed by atoms with Gasteiger partial charge in [-0.2, -0.15) is 0 Å². The number of amides is 1. The Bertz CT molecular complexity index is 511. The molecule has 2 rings (SSSR count). The summed E-state index contributed by atoms with van der Waals surface area (Å²) in [5.41, 5.74) is 0. The fourth-order valence-electron chi connectivity index (χ4n) is 2.99. The number of nitrogens with zero attached hydrogens (tertiary/aromatic N) is 3. The van der Waals surface area contributed by atoms with Gasteiger partial charge in [0.2, 0.25) is 5.91 Å². The molecule has 0 spiro atoms. The third-order valence-corrected chi connectivity index (χ3v) is 4.47. The number of halogens is 1. The summed E-state index contributed by atoms with van der Waals surface area (Å²) in [6.45, 7) is 7.73. The molecule has 5 nitrogen and oxygen atoms in total. The van der Waals surface area contributed by atoms with Crippen molar-refractivity contribution >= 4 is 23.3 Å². The number of hydrogen-bond acceptors (Lipinski definition) is 4. The second-order valence-electron chi connectivity index (χ2n) is 6.53. The lowest BCUT2D eigenvalue weighted by Gasteiger charge is -2.36. The smallest absolute Gasteiger partial charge is 0.226 e. The Balaban J connectivity index is 1.94. The Hall–Kier alpha value is -1.33. The first kappa shape index (κ1) is 18.0. The van der Waals surface area contributed by atoms with E-state index in [-0.39, 0.29) is 17.9 Å². The molecule has 1 aromatic rings. The summed E-state index contributed by atoms with van der Waals surface area (Å²) in [6.07, 6.45) is 2.77. The highest BCUT2D eigenvalue weighted by atomic mass is 35.5. The molecule has 0 bridgehead atoms. The number of hydrogen-bond donors (Lipinski definition) is 1. The zero-order valence-corrected chi connectivity index (χ0v) is 14.8. The molecular weight excluding hydrogens is 314 g/mol. The maximum absolute atomic E-state index is 12.7.